The van der Waals surface area contributed by atoms with E-state index in [9.17, 15) is 9.59 Å². The fourth-order valence-corrected chi connectivity index (χ4v) is 2.16. The number of rotatable bonds is 5. The number of nitrogens with zero attached hydrogens (tertiary/aromatic N) is 1. The van der Waals surface area contributed by atoms with Crippen LogP contribution in [0.1, 0.15) is 29.2 Å². The topological polar surface area (TPSA) is 77.5 Å². The third kappa shape index (κ3) is 3.43. The van der Waals surface area contributed by atoms with E-state index in [1.54, 1.807) is 20.8 Å². The smallest absolute Gasteiger partial charge is 0.358 e. The summed E-state index contributed by atoms with van der Waals surface area (Å²) in [5.41, 5.74) is 0.279. The second-order valence-corrected chi connectivity index (χ2v) is 4.74. The van der Waals surface area contributed by atoms with Crippen LogP contribution >= 0.6 is 11.3 Å². The highest BCUT2D eigenvalue weighted by molar-refractivity contribution is 7.15. The standard InChI is InChI=1S/C11H16N2O4S/c1-5-17-10(15)8-7(3)18-11(13-8)12-6(2)9(14)16-4/h6H,5H2,1-4H3,(H,12,13). The first-order chi connectivity index (χ1) is 8.49. The minimum absolute atomic E-state index is 0.279. The van der Waals surface area contributed by atoms with Gasteiger partial charge in [0.05, 0.1) is 13.7 Å². The zero-order valence-corrected chi connectivity index (χ0v) is 11.6. The van der Waals surface area contributed by atoms with E-state index in [0.717, 1.165) is 4.88 Å². The Hall–Kier alpha value is -1.63. The monoisotopic (exact) mass is 272 g/mol. The largest absolute Gasteiger partial charge is 0.467 e. The third-order valence-corrected chi connectivity index (χ3v) is 3.06. The highest BCUT2D eigenvalue weighted by atomic mass is 32.1. The highest BCUT2D eigenvalue weighted by Crippen LogP contribution is 2.23. The minimum Gasteiger partial charge on any atom is -0.467 e. The molecule has 0 radical (unpaired) electrons. The highest BCUT2D eigenvalue weighted by Gasteiger charge is 2.19. The van der Waals surface area contributed by atoms with Crippen molar-refractivity contribution in [3.63, 3.8) is 0 Å². The van der Waals surface area contributed by atoms with Gasteiger partial charge in [-0.05, 0) is 20.8 Å². The fraction of sp³-hybridized carbons (Fsp3) is 0.545. The molecule has 0 saturated carbocycles. The molecule has 1 atom stereocenters. The Morgan fingerprint density at radius 1 is 1.50 bits per heavy atom. The average Bonchev–Trinajstić information content (AvgIpc) is 2.69. The number of aryl methyl sites for hydroxylation is 1. The van der Waals surface area contributed by atoms with Crippen molar-refractivity contribution in [2.45, 2.75) is 26.8 Å². The molecule has 0 aromatic carbocycles. The van der Waals surface area contributed by atoms with Crippen molar-refractivity contribution >= 4 is 28.4 Å². The van der Waals surface area contributed by atoms with Crippen LogP contribution in [0.2, 0.25) is 0 Å². The van der Waals surface area contributed by atoms with E-state index in [0.29, 0.717) is 11.7 Å². The first kappa shape index (κ1) is 14.4. The van der Waals surface area contributed by atoms with Crippen LogP contribution in [0.4, 0.5) is 5.13 Å². The number of methoxy groups -OCH3 is 1. The number of anilines is 1. The molecule has 18 heavy (non-hydrogen) atoms. The van der Waals surface area contributed by atoms with Crippen molar-refractivity contribution in [2.24, 2.45) is 0 Å². The molecule has 0 bridgehead atoms. The molecule has 0 saturated heterocycles. The van der Waals surface area contributed by atoms with E-state index in [1.807, 2.05) is 0 Å². The van der Waals surface area contributed by atoms with Gasteiger partial charge in [-0.2, -0.15) is 0 Å². The van der Waals surface area contributed by atoms with Gasteiger partial charge in [0.25, 0.3) is 0 Å². The molecule has 0 aliphatic rings. The molecule has 1 aromatic heterocycles. The molecule has 1 aromatic rings. The van der Waals surface area contributed by atoms with Gasteiger partial charge in [-0.1, -0.05) is 0 Å². The normalized spacial score (nSPS) is 11.8. The Kier molecular flexibility index (Phi) is 5.08. The predicted octanol–water partition coefficient (Wildman–Crippen LogP) is 1.60. The van der Waals surface area contributed by atoms with Crippen LogP contribution in [-0.4, -0.2) is 36.7 Å². The fourth-order valence-electron chi connectivity index (χ4n) is 1.27. The second-order valence-electron chi connectivity index (χ2n) is 3.53. The summed E-state index contributed by atoms with van der Waals surface area (Å²) >= 11 is 1.29. The van der Waals surface area contributed by atoms with E-state index in [1.165, 1.54) is 18.4 Å². The van der Waals surface area contributed by atoms with E-state index in [-0.39, 0.29) is 11.7 Å². The zero-order chi connectivity index (χ0) is 13.7. The number of aromatic nitrogens is 1. The second kappa shape index (κ2) is 6.34. The maximum absolute atomic E-state index is 11.6. The van der Waals surface area contributed by atoms with Crippen LogP contribution in [0.15, 0.2) is 0 Å². The number of hydrogen-bond donors (Lipinski definition) is 1. The summed E-state index contributed by atoms with van der Waals surface area (Å²) in [6, 6.07) is -0.518. The summed E-state index contributed by atoms with van der Waals surface area (Å²) < 4.78 is 9.47. The number of nitrogens with one attached hydrogen (secondary N) is 1. The number of thiazole rings is 1. The van der Waals surface area contributed by atoms with Crippen LogP contribution in [0.25, 0.3) is 0 Å². The van der Waals surface area contributed by atoms with Gasteiger partial charge < -0.3 is 14.8 Å². The average molecular weight is 272 g/mol. The molecular formula is C11H16N2O4S. The summed E-state index contributed by atoms with van der Waals surface area (Å²) in [6.07, 6.45) is 0. The lowest BCUT2D eigenvalue weighted by molar-refractivity contribution is -0.141. The van der Waals surface area contributed by atoms with Gasteiger partial charge in [0.2, 0.25) is 0 Å². The van der Waals surface area contributed by atoms with E-state index in [4.69, 9.17) is 4.74 Å². The Morgan fingerprint density at radius 3 is 2.72 bits per heavy atom. The van der Waals surface area contributed by atoms with E-state index >= 15 is 0 Å². The lowest BCUT2D eigenvalue weighted by Crippen LogP contribution is -2.27. The molecule has 1 rings (SSSR count). The van der Waals surface area contributed by atoms with Crippen molar-refractivity contribution < 1.29 is 19.1 Å². The molecule has 0 aliphatic heterocycles. The van der Waals surface area contributed by atoms with Gasteiger partial charge in [0.15, 0.2) is 10.8 Å². The Balaban J connectivity index is 2.78. The molecule has 1 unspecified atom stereocenters. The summed E-state index contributed by atoms with van der Waals surface area (Å²) in [4.78, 5) is 27.7. The molecule has 0 spiro atoms. The molecule has 1 N–H and O–H groups in total. The molecule has 7 heteroatoms. The molecular weight excluding hydrogens is 256 g/mol. The number of hydrogen-bond acceptors (Lipinski definition) is 7. The van der Waals surface area contributed by atoms with Gasteiger partial charge in [0, 0.05) is 4.88 Å². The van der Waals surface area contributed by atoms with Crippen molar-refractivity contribution in [1.82, 2.24) is 4.98 Å². The summed E-state index contributed by atoms with van der Waals surface area (Å²) in [6.45, 7) is 5.47. The van der Waals surface area contributed by atoms with E-state index < -0.39 is 12.0 Å². The third-order valence-electron chi connectivity index (χ3n) is 2.16. The SMILES string of the molecule is CCOC(=O)c1nc(NC(C)C(=O)OC)sc1C. The Bertz CT molecular complexity index is 444. The van der Waals surface area contributed by atoms with Crippen LogP contribution in [-0.2, 0) is 14.3 Å². The Morgan fingerprint density at radius 2 is 2.17 bits per heavy atom. The molecule has 0 aliphatic carbocycles. The minimum atomic E-state index is -0.518. The lowest BCUT2D eigenvalue weighted by Gasteiger charge is -2.09. The maximum atomic E-state index is 11.6. The number of carbonyl (C=O) groups is 2. The van der Waals surface area contributed by atoms with Crippen molar-refractivity contribution in [2.75, 3.05) is 19.0 Å². The Labute approximate surface area is 109 Å². The quantitative estimate of drug-likeness (QED) is 0.820. The maximum Gasteiger partial charge on any atom is 0.358 e. The van der Waals surface area contributed by atoms with Crippen LogP contribution in [0.5, 0.6) is 0 Å². The summed E-state index contributed by atoms with van der Waals surface area (Å²) in [5, 5.41) is 3.37. The van der Waals surface area contributed by atoms with Crippen molar-refractivity contribution in [3.8, 4) is 0 Å². The molecule has 6 nitrogen and oxygen atoms in total. The number of carbonyl (C=O) groups excluding carboxylic acids is 2. The molecule has 100 valence electrons. The van der Waals surface area contributed by atoms with Crippen LogP contribution < -0.4 is 5.32 Å². The molecule has 0 fully saturated rings. The van der Waals surface area contributed by atoms with Crippen molar-refractivity contribution in [1.29, 1.82) is 0 Å². The van der Waals surface area contributed by atoms with Gasteiger partial charge in [-0.3, -0.25) is 0 Å². The molecule has 1 heterocycles. The van der Waals surface area contributed by atoms with E-state index in [2.05, 4.69) is 15.0 Å². The summed E-state index contributed by atoms with van der Waals surface area (Å²) in [5.74, 6) is -0.842. The first-order valence-corrected chi connectivity index (χ1v) is 6.30. The molecule has 0 amide bonds. The van der Waals surface area contributed by atoms with Gasteiger partial charge in [-0.25, -0.2) is 14.6 Å². The zero-order valence-electron chi connectivity index (χ0n) is 10.8. The van der Waals surface area contributed by atoms with Crippen LogP contribution in [0, 0.1) is 6.92 Å². The first-order valence-electron chi connectivity index (χ1n) is 5.48. The van der Waals surface area contributed by atoms with Crippen LogP contribution in [0.3, 0.4) is 0 Å². The lowest BCUT2D eigenvalue weighted by atomic mass is 10.3. The van der Waals surface area contributed by atoms with Crippen molar-refractivity contribution in [3.05, 3.63) is 10.6 Å². The van der Waals surface area contributed by atoms with Gasteiger partial charge in [0.1, 0.15) is 6.04 Å². The number of esters is 2. The summed E-state index contributed by atoms with van der Waals surface area (Å²) in [7, 11) is 1.32. The predicted molar refractivity (Wildman–Crippen MR) is 67.9 cm³/mol. The number of ether oxygens (including phenoxy) is 2. The van der Waals surface area contributed by atoms with Gasteiger partial charge in [-0.15, -0.1) is 11.3 Å². The van der Waals surface area contributed by atoms with Gasteiger partial charge >= 0.3 is 11.9 Å².